The number of nitrogens with zero attached hydrogens (tertiary/aromatic N) is 2. The van der Waals surface area contributed by atoms with Crippen LogP contribution in [-0.4, -0.2) is 24.0 Å². The molecule has 0 amide bonds. The second kappa shape index (κ2) is 5.69. The third-order valence-electron chi connectivity index (χ3n) is 3.35. The first-order valence-electron chi connectivity index (χ1n) is 6.54. The fourth-order valence-electron chi connectivity index (χ4n) is 2.34. The Hall–Kier alpha value is -2.53. The quantitative estimate of drug-likeness (QED) is 0.745. The van der Waals surface area contributed by atoms with Gasteiger partial charge in [0.25, 0.3) is 5.56 Å². The third kappa shape index (κ3) is 2.29. The fraction of sp³-hybridized carbons (Fsp3) is 0.125. The zero-order valence-corrected chi connectivity index (χ0v) is 12.8. The van der Waals surface area contributed by atoms with E-state index in [0.29, 0.717) is 33.0 Å². The summed E-state index contributed by atoms with van der Waals surface area (Å²) < 4.78 is 11.9. The molecule has 0 aliphatic heterocycles. The number of hydrogen-bond donors (Lipinski definition) is 0. The second-order valence-electron chi connectivity index (χ2n) is 4.61. The lowest BCUT2D eigenvalue weighted by atomic mass is 10.1. The lowest BCUT2D eigenvalue weighted by Crippen LogP contribution is -2.21. The van der Waals surface area contributed by atoms with Crippen molar-refractivity contribution in [3.8, 4) is 17.2 Å². The molecule has 0 bridgehead atoms. The molecule has 1 aromatic heterocycles. The Morgan fingerprint density at radius 3 is 2.64 bits per heavy atom. The molecule has 0 saturated carbocycles. The van der Waals surface area contributed by atoms with E-state index in [4.69, 9.17) is 21.1 Å². The summed E-state index contributed by atoms with van der Waals surface area (Å²) in [4.78, 5) is 12.8. The average Bonchev–Trinajstić information content (AvgIpc) is 2.54. The van der Waals surface area contributed by atoms with Crippen molar-refractivity contribution >= 4 is 22.4 Å². The van der Waals surface area contributed by atoms with Gasteiger partial charge in [-0.05, 0) is 30.3 Å². The molecule has 0 fully saturated rings. The van der Waals surface area contributed by atoms with Crippen molar-refractivity contribution in [1.29, 1.82) is 0 Å². The van der Waals surface area contributed by atoms with Crippen LogP contribution in [-0.2, 0) is 0 Å². The number of aromatic nitrogens is 2. The molecule has 3 aromatic rings. The molecule has 0 aliphatic carbocycles. The van der Waals surface area contributed by atoms with Gasteiger partial charge in [-0.25, -0.2) is 0 Å². The molecule has 0 atom stereocenters. The number of benzene rings is 2. The first-order chi connectivity index (χ1) is 10.7. The van der Waals surface area contributed by atoms with Crippen LogP contribution in [0.15, 0.2) is 47.4 Å². The molecule has 0 unspecified atom stereocenters. The van der Waals surface area contributed by atoms with Crippen molar-refractivity contribution < 1.29 is 9.47 Å². The molecule has 2 aromatic carbocycles. The summed E-state index contributed by atoms with van der Waals surface area (Å²) in [7, 11) is 3.03. The summed E-state index contributed by atoms with van der Waals surface area (Å²) in [5.41, 5.74) is 0.291. The predicted octanol–water partition coefficient (Wildman–Crippen LogP) is 3.06. The number of halogens is 1. The van der Waals surface area contributed by atoms with Gasteiger partial charge in [0.1, 0.15) is 0 Å². The molecule has 0 N–H and O–H groups in total. The standard InChI is InChI=1S/C16H13ClN2O3/c1-21-13-7-6-10-9-18-19(12-5-3-4-11(17)8-12)16(20)14(10)15(13)22-2/h3-9H,1-2H3. The van der Waals surface area contributed by atoms with Gasteiger partial charge in [-0.1, -0.05) is 17.7 Å². The van der Waals surface area contributed by atoms with Gasteiger partial charge in [-0.15, -0.1) is 0 Å². The Labute approximate surface area is 131 Å². The highest BCUT2D eigenvalue weighted by Crippen LogP contribution is 2.33. The molecule has 112 valence electrons. The van der Waals surface area contributed by atoms with Gasteiger partial charge < -0.3 is 9.47 Å². The first kappa shape index (κ1) is 14.4. The zero-order chi connectivity index (χ0) is 15.7. The number of hydrogen-bond acceptors (Lipinski definition) is 4. The second-order valence-corrected chi connectivity index (χ2v) is 5.04. The molecule has 0 spiro atoms. The van der Waals surface area contributed by atoms with Crippen LogP contribution < -0.4 is 15.0 Å². The van der Waals surface area contributed by atoms with Gasteiger partial charge in [-0.2, -0.15) is 9.78 Å². The SMILES string of the molecule is COc1ccc2cnn(-c3cccc(Cl)c3)c(=O)c2c1OC. The van der Waals surface area contributed by atoms with Crippen molar-refractivity contribution in [2.75, 3.05) is 14.2 Å². The van der Waals surface area contributed by atoms with E-state index in [0.717, 1.165) is 0 Å². The van der Waals surface area contributed by atoms with Crippen LogP contribution in [0.1, 0.15) is 0 Å². The van der Waals surface area contributed by atoms with E-state index in [2.05, 4.69) is 5.10 Å². The maximum Gasteiger partial charge on any atom is 0.283 e. The largest absolute Gasteiger partial charge is 0.493 e. The van der Waals surface area contributed by atoms with Gasteiger partial charge in [0.05, 0.1) is 31.5 Å². The molecule has 0 saturated heterocycles. The molecular weight excluding hydrogens is 304 g/mol. The Morgan fingerprint density at radius 1 is 1.14 bits per heavy atom. The number of ether oxygens (including phenoxy) is 2. The van der Waals surface area contributed by atoms with Crippen LogP contribution >= 0.6 is 11.6 Å². The summed E-state index contributed by atoms with van der Waals surface area (Å²) in [6, 6.07) is 10.5. The predicted molar refractivity (Wildman–Crippen MR) is 85.5 cm³/mol. The first-order valence-corrected chi connectivity index (χ1v) is 6.92. The van der Waals surface area contributed by atoms with Gasteiger partial charge in [0.2, 0.25) is 0 Å². The summed E-state index contributed by atoms with van der Waals surface area (Å²) in [6.45, 7) is 0. The van der Waals surface area contributed by atoms with E-state index in [1.54, 1.807) is 42.6 Å². The van der Waals surface area contributed by atoms with E-state index in [1.165, 1.54) is 18.9 Å². The third-order valence-corrected chi connectivity index (χ3v) is 3.58. The van der Waals surface area contributed by atoms with Gasteiger partial charge in [0.15, 0.2) is 11.5 Å². The average molecular weight is 317 g/mol. The van der Waals surface area contributed by atoms with Crippen molar-refractivity contribution in [2.24, 2.45) is 0 Å². The van der Waals surface area contributed by atoms with Gasteiger partial charge in [0, 0.05) is 10.4 Å². The zero-order valence-electron chi connectivity index (χ0n) is 12.0. The Kier molecular flexibility index (Phi) is 3.73. The van der Waals surface area contributed by atoms with Crippen LogP contribution in [0.25, 0.3) is 16.5 Å². The van der Waals surface area contributed by atoms with E-state index in [-0.39, 0.29) is 5.56 Å². The molecule has 6 heteroatoms. The van der Waals surface area contributed by atoms with E-state index in [9.17, 15) is 4.79 Å². The van der Waals surface area contributed by atoms with Gasteiger partial charge >= 0.3 is 0 Å². The summed E-state index contributed by atoms with van der Waals surface area (Å²) >= 11 is 5.98. The minimum Gasteiger partial charge on any atom is -0.493 e. The number of rotatable bonds is 3. The fourth-order valence-corrected chi connectivity index (χ4v) is 2.52. The maximum atomic E-state index is 12.8. The summed E-state index contributed by atoms with van der Waals surface area (Å²) in [6.07, 6.45) is 1.61. The minimum absolute atomic E-state index is 0.296. The number of fused-ring (bicyclic) bond motifs is 1. The molecule has 0 radical (unpaired) electrons. The molecular formula is C16H13ClN2O3. The highest BCUT2D eigenvalue weighted by atomic mass is 35.5. The Bertz CT molecular complexity index is 906. The molecule has 0 aliphatic rings. The normalized spacial score (nSPS) is 10.7. The van der Waals surface area contributed by atoms with Crippen LogP contribution in [0.5, 0.6) is 11.5 Å². The van der Waals surface area contributed by atoms with E-state index < -0.39 is 0 Å². The summed E-state index contributed by atoms with van der Waals surface area (Å²) in [5.74, 6) is 0.888. The van der Waals surface area contributed by atoms with Crippen LogP contribution in [0.4, 0.5) is 0 Å². The monoisotopic (exact) mass is 316 g/mol. The highest BCUT2D eigenvalue weighted by molar-refractivity contribution is 6.30. The van der Waals surface area contributed by atoms with Crippen molar-refractivity contribution in [3.63, 3.8) is 0 Å². The van der Waals surface area contributed by atoms with E-state index >= 15 is 0 Å². The number of methoxy groups -OCH3 is 2. The Balaban J connectivity index is 2.36. The van der Waals surface area contributed by atoms with Crippen molar-refractivity contribution in [3.05, 3.63) is 58.0 Å². The van der Waals surface area contributed by atoms with E-state index in [1.807, 2.05) is 0 Å². The van der Waals surface area contributed by atoms with Crippen LogP contribution in [0, 0.1) is 0 Å². The summed E-state index contributed by atoms with van der Waals surface area (Å²) in [5, 5.41) is 5.82. The highest BCUT2D eigenvalue weighted by Gasteiger charge is 2.15. The van der Waals surface area contributed by atoms with Gasteiger partial charge in [-0.3, -0.25) is 4.79 Å². The maximum absolute atomic E-state index is 12.8. The van der Waals surface area contributed by atoms with Crippen LogP contribution in [0.3, 0.4) is 0 Å². The lowest BCUT2D eigenvalue weighted by molar-refractivity contribution is 0.358. The molecule has 1 heterocycles. The van der Waals surface area contributed by atoms with Crippen molar-refractivity contribution in [2.45, 2.75) is 0 Å². The molecule has 22 heavy (non-hydrogen) atoms. The van der Waals surface area contributed by atoms with Crippen molar-refractivity contribution in [1.82, 2.24) is 9.78 Å². The molecule has 5 nitrogen and oxygen atoms in total. The lowest BCUT2D eigenvalue weighted by Gasteiger charge is -2.12. The smallest absolute Gasteiger partial charge is 0.283 e. The topological polar surface area (TPSA) is 53.4 Å². The minimum atomic E-state index is -0.296. The van der Waals surface area contributed by atoms with Crippen LogP contribution in [0.2, 0.25) is 5.02 Å². The Morgan fingerprint density at radius 2 is 1.95 bits per heavy atom. The molecule has 3 rings (SSSR count).